The van der Waals surface area contributed by atoms with Gasteiger partial charge < -0.3 is 4.74 Å². The number of alkyl halides is 3. The number of carbonyl (C=O) groups is 1. The number of halogens is 3. The lowest BCUT2D eigenvalue weighted by Crippen LogP contribution is -2.51. The molecule has 1 saturated heterocycles. The molecule has 2 aromatic carbocycles. The predicted octanol–water partition coefficient (Wildman–Crippen LogP) is 4.36. The summed E-state index contributed by atoms with van der Waals surface area (Å²) in [5.74, 6) is 0.263. The molecule has 1 aliphatic heterocycles. The Morgan fingerprint density at radius 1 is 1.19 bits per heavy atom. The van der Waals surface area contributed by atoms with Gasteiger partial charge in [-0.2, -0.15) is 18.2 Å². The molecule has 1 unspecified atom stereocenters. The lowest BCUT2D eigenvalue weighted by atomic mass is 9.95. The van der Waals surface area contributed by atoms with Crippen LogP contribution in [0.5, 0.6) is 5.75 Å². The molecule has 1 aliphatic rings. The SMILES string of the molecule is CCOc1ccc2cc(C(N3NC(=O)CC3(C)C)C(F)(F)F)ccc2c1. The Labute approximate surface area is 149 Å². The summed E-state index contributed by atoms with van der Waals surface area (Å²) in [6.07, 6.45) is -4.52. The first-order valence-electron chi connectivity index (χ1n) is 8.44. The molecule has 2 aromatic rings. The minimum absolute atomic E-state index is 0.0187. The molecule has 0 radical (unpaired) electrons. The van der Waals surface area contributed by atoms with Gasteiger partial charge in [-0.25, -0.2) is 0 Å². The van der Waals surface area contributed by atoms with Gasteiger partial charge in [-0.1, -0.05) is 18.2 Å². The zero-order valence-corrected chi connectivity index (χ0v) is 14.9. The van der Waals surface area contributed by atoms with E-state index in [2.05, 4.69) is 5.43 Å². The lowest BCUT2D eigenvalue weighted by Gasteiger charge is -2.38. The van der Waals surface area contributed by atoms with Gasteiger partial charge in [0.1, 0.15) is 5.75 Å². The van der Waals surface area contributed by atoms with Gasteiger partial charge in [0.15, 0.2) is 6.04 Å². The molecule has 7 heteroatoms. The molecule has 0 aliphatic carbocycles. The molecule has 0 bridgehead atoms. The van der Waals surface area contributed by atoms with Crippen molar-refractivity contribution < 1.29 is 22.7 Å². The van der Waals surface area contributed by atoms with Crippen LogP contribution < -0.4 is 10.2 Å². The lowest BCUT2D eigenvalue weighted by molar-refractivity contribution is -0.203. The minimum Gasteiger partial charge on any atom is -0.494 e. The number of ether oxygens (including phenoxy) is 1. The van der Waals surface area contributed by atoms with Gasteiger partial charge in [-0.15, -0.1) is 0 Å². The first kappa shape index (κ1) is 18.5. The fourth-order valence-electron chi connectivity index (χ4n) is 3.37. The van der Waals surface area contributed by atoms with Crippen LogP contribution in [-0.2, 0) is 4.79 Å². The van der Waals surface area contributed by atoms with Crippen molar-refractivity contribution in [2.75, 3.05) is 6.61 Å². The fraction of sp³-hybridized carbons (Fsp3) is 0.421. The van der Waals surface area contributed by atoms with Crippen LogP contribution in [-0.4, -0.2) is 29.2 Å². The molecule has 26 heavy (non-hydrogen) atoms. The zero-order valence-electron chi connectivity index (χ0n) is 14.9. The first-order chi connectivity index (χ1) is 12.1. The standard InChI is InChI=1S/C19H21F3N2O2/c1-4-26-15-8-7-12-9-14(6-5-13(12)10-15)17(19(20,21)22)24-18(2,3)11-16(25)23-24/h5-10,17H,4,11H2,1-3H3,(H,23,25). The molecule has 1 fully saturated rings. The smallest absolute Gasteiger partial charge is 0.409 e. The summed E-state index contributed by atoms with van der Waals surface area (Å²) >= 11 is 0. The van der Waals surface area contributed by atoms with E-state index in [4.69, 9.17) is 4.74 Å². The minimum atomic E-state index is -4.53. The number of nitrogens with zero attached hydrogens (tertiary/aromatic N) is 1. The summed E-state index contributed by atoms with van der Waals surface area (Å²) in [6, 6.07) is 7.98. The van der Waals surface area contributed by atoms with Crippen LogP contribution in [0.25, 0.3) is 10.8 Å². The molecule has 0 spiro atoms. The number of hydrazine groups is 1. The van der Waals surface area contributed by atoms with Gasteiger partial charge >= 0.3 is 6.18 Å². The highest BCUT2D eigenvalue weighted by Gasteiger charge is 2.52. The molecule has 3 rings (SSSR count). The van der Waals surface area contributed by atoms with E-state index in [1.54, 1.807) is 38.1 Å². The molecular formula is C19H21F3N2O2. The number of hydrogen-bond acceptors (Lipinski definition) is 3. The number of nitrogens with one attached hydrogen (secondary N) is 1. The van der Waals surface area contributed by atoms with Crippen molar-refractivity contribution in [2.24, 2.45) is 0 Å². The summed E-state index contributed by atoms with van der Waals surface area (Å²) in [4.78, 5) is 11.7. The molecule has 0 aromatic heterocycles. The van der Waals surface area contributed by atoms with Crippen molar-refractivity contribution in [3.8, 4) is 5.75 Å². The maximum absolute atomic E-state index is 13.9. The van der Waals surface area contributed by atoms with E-state index in [1.165, 1.54) is 12.1 Å². The predicted molar refractivity (Wildman–Crippen MR) is 92.6 cm³/mol. The zero-order chi connectivity index (χ0) is 19.1. The third-order valence-electron chi connectivity index (χ3n) is 4.52. The van der Waals surface area contributed by atoms with Crippen LogP contribution in [0, 0.1) is 0 Å². The highest BCUT2D eigenvalue weighted by Crippen LogP contribution is 2.43. The average Bonchev–Trinajstić information content (AvgIpc) is 2.79. The van der Waals surface area contributed by atoms with E-state index in [9.17, 15) is 18.0 Å². The Morgan fingerprint density at radius 2 is 1.85 bits per heavy atom. The van der Waals surface area contributed by atoms with E-state index >= 15 is 0 Å². The van der Waals surface area contributed by atoms with E-state index in [1.807, 2.05) is 6.92 Å². The van der Waals surface area contributed by atoms with Crippen molar-refractivity contribution in [3.63, 3.8) is 0 Å². The Balaban J connectivity index is 2.04. The maximum atomic E-state index is 13.9. The summed E-state index contributed by atoms with van der Waals surface area (Å²) in [5, 5.41) is 2.50. The van der Waals surface area contributed by atoms with Crippen molar-refractivity contribution in [1.82, 2.24) is 10.4 Å². The number of fused-ring (bicyclic) bond motifs is 1. The van der Waals surface area contributed by atoms with Crippen LogP contribution in [0.2, 0.25) is 0 Å². The van der Waals surface area contributed by atoms with E-state index in [-0.39, 0.29) is 12.0 Å². The van der Waals surface area contributed by atoms with Crippen molar-refractivity contribution >= 4 is 16.7 Å². The number of rotatable bonds is 4. The summed E-state index contributed by atoms with van der Waals surface area (Å²) < 4.78 is 47.1. The van der Waals surface area contributed by atoms with Crippen molar-refractivity contribution in [1.29, 1.82) is 0 Å². The summed E-state index contributed by atoms with van der Waals surface area (Å²) in [7, 11) is 0. The molecular weight excluding hydrogens is 345 g/mol. The van der Waals surface area contributed by atoms with Crippen LogP contribution in [0.3, 0.4) is 0 Å². The highest BCUT2D eigenvalue weighted by molar-refractivity contribution is 5.85. The van der Waals surface area contributed by atoms with Crippen molar-refractivity contribution in [3.05, 3.63) is 42.0 Å². The van der Waals surface area contributed by atoms with Gasteiger partial charge in [0, 0.05) is 12.0 Å². The third-order valence-corrected chi connectivity index (χ3v) is 4.52. The quantitative estimate of drug-likeness (QED) is 0.874. The van der Waals surface area contributed by atoms with Gasteiger partial charge in [0.05, 0.1) is 6.61 Å². The second kappa shape index (κ2) is 6.46. The Hall–Kier alpha value is -2.28. The molecule has 1 N–H and O–H groups in total. The van der Waals surface area contributed by atoms with Crippen LogP contribution in [0.15, 0.2) is 36.4 Å². The average molecular weight is 366 g/mol. The molecule has 4 nitrogen and oxygen atoms in total. The number of carbonyl (C=O) groups excluding carboxylic acids is 1. The van der Waals surface area contributed by atoms with Crippen LogP contribution in [0.4, 0.5) is 13.2 Å². The number of benzene rings is 2. The van der Waals surface area contributed by atoms with E-state index in [0.717, 1.165) is 10.4 Å². The van der Waals surface area contributed by atoms with Gasteiger partial charge in [0.25, 0.3) is 0 Å². The van der Waals surface area contributed by atoms with Crippen LogP contribution in [0.1, 0.15) is 38.8 Å². The second-order valence-electron chi connectivity index (χ2n) is 7.04. The Morgan fingerprint density at radius 3 is 2.42 bits per heavy atom. The fourth-order valence-corrected chi connectivity index (χ4v) is 3.37. The molecule has 1 atom stereocenters. The van der Waals surface area contributed by atoms with E-state index < -0.39 is 23.7 Å². The largest absolute Gasteiger partial charge is 0.494 e. The Bertz CT molecular complexity index is 833. The van der Waals surface area contributed by atoms with E-state index in [0.29, 0.717) is 17.7 Å². The number of hydrogen-bond donors (Lipinski definition) is 1. The topological polar surface area (TPSA) is 41.6 Å². The van der Waals surface area contributed by atoms with Crippen LogP contribution >= 0.6 is 0 Å². The molecule has 1 amide bonds. The van der Waals surface area contributed by atoms with Gasteiger partial charge in [-0.3, -0.25) is 10.2 Å². The molecule has 0 saturated carbocycles. The summed E-state index contributed by atoms with van der Waals surface area (Å²) in [6.45, 7) is 5.63. The molecule has 1 heterocycles. The molecule has 140 valence electrons. The number of amides is 1. The summed E-state index contributed by atoms with van der Waals surface area (Å²) in [5.41, 5.74) is 1.53. The van der Waals surface area contributed by atoms with Crippen molar-refractivity contribution in [2.45, 2.75) is 44.9 Å². The van der Waals surface area contributed by atoms with Gasteiger partial charge in [-0.05, 0) is 55.3 Å². The third kappa shape index (κ3) is 3.49. The Kier molecular flexibility index (Phi) is 4.60. The monoisotopic (exact) mass is 366 g/mol. The highest BCUT2D eigenvalue weighted by atomic mass is 19.4. The first-order valence-corrected chi connectivity index (χ1v) is 8.44. The van der Waals surface area contributed by atoms with Gasteiger partial charge in [0.2, 0.25) is 5.91 Å². The normalized spacial score (nSPS) is 18.8. The maximum Gasteiger partial charge on any atom is 0.409 e. The second-order valence-corrected chi connectivity index (χ2v) is 7.04.